The number of nitrogens with zero attached hydrogens (tertiary/aromatic N) is 1. The third-order valence-corrected chi connectivity index (χ3v) is 6.41. The molecule has 1 fully saturated rings. The van der Waals surface area contributed by atoms with Crippen LogP contribution in [0.1, 0.15) is 36.5 Å². The first-order valence-electron chi connectivity index (χ1n) is 12.0. The van der Waals surface area contributed by atoms with E-state index in [1.54, 1.807) is 0 Å². The summed E-state index contributed by atoms with van der Waals surface area (Å²) >= 11 is 0. The lowest BCUT2D eigenvalue weighted by atomic mass is 9.90. The van der Waals surface area contributed by atoms with Gasteiger partial charge in [-0.25, -0.2) is 0 Å². The van der Waals surface area contributed by atoms with Crippen molar-refractivity contribution in [2.45, 2.75) is 39.2 Å². The zero-order chi connectivity index (χ0) is 22.0. The van der Waals surface area contributed by atoms with E-state index < -0.39 is 0 Å². The van der Waals surface area contributed by atoms with Crippen molar-refractivity contribution in [2.24, 2.45) is 5.92 Å². The quantitative estimate of drug-likeness (QED) is 0.337. The normalized spacial score (nSPS) is 14.5. The molecule has 0 atom stereocenters. The van der Waals surface area contributed by atoms with Crippen molar-refractivity contribution in [1.29, 1.82) is 0 Å². The first-order valence-corrected chi connectivity index (χ1v) is 12.0. The lowest BCUT2D eigenvalue weighted by Gasteiger charge is -2.32. The molecule has 1 aliphatic rings. The molecule has 1 aliphatic heterocycles. The Labute approximate surface area is 205 Å². The molecule has 0 saturated carbocycles. The minimum Gasteiger partial charge on any atom is -0.492 e. The average Bonchev–Trinajstić information content (AvgIpc) is 2.86. The first-order chi connectivity index (χ1) is 15.8. The molecule has 176 valence electrons. The van der Waals surface area contributed by atoms with E-state index >= 15 is 0 Å². The van der Waals surface area contributed by atoms with Crippen LogP contribution >= 0.6 is 12.4 Å². The monoisotopic (exact) mass is 465 g/mol. The minimum atomic E-state index is 0. The zero-order valence-corrected chi connectivity index (χ0v) is 20.4. The summed E-state index contributed by atoms with van der Waals surface area (Å²) in [4.78, 5) is 2.54. The van der Waals surface area contributed by atoms with E-state index in [9.17, 15) is 0 Å². The molecule has 0 radical (unpaired) electrons. The Kier molecular flexibility index (Phi) is 10.1. The fraction of sp³-hybridized carbons (Fsp3) is 0.379. The Morgan fingerprint density at radius 1 is 0.727 bits per heavy atom. The van der Waals surface area contributed by atoms with Crippen molar-refractivity contribution >= 4 is 12.4 Å². The number of halogens is 1. The average molecular weight is 466 g/mol. The van der Waals surface area contributed by atoms with Crippen molar-refractivity contribution in [2.75, 3.05) is 26.2 Å². The van der Waals surface area contributed by atoms with Gasteiger partial charge in [-0.1, -0.05) is 61.5 Å². The fourth-order valence-electron chi connectivity index (χ4n) is 4.32. The van der Waals surface area contributed by atoms with Gasteiger partial charge in [0.25, 0.3) is 0 Å². The van der Waals surface area contributed by atoms with Crippen LogP contribution in [0.2, 0.25) is 0 Å². The van der Waals surface area contributed by atoms with Crippen molar-refractivity contribution in [1.82, 2.24) is 4.90 Å². The smallest absolute Gasteiger partial charge is 0.120 e. The Bertz CT molecular complexity index is 920. The Morgan fingerprint density at radius 2 is 1.33 bits per heavy atom. The fourth-order valence-corrected chi connectivity index (χ4v) is 4.32. The van der Waals surface area contributed by atoms with E-state index in [2.05, 4.69) is 48.2 Å². The molecule has 33 heavy (non-hydrogen) atoms. The first kappa shape index (κ1) is 25.1. The summed E-state index contributed by atoms with van der Waals surface area (Å²) in [6.07, 6.45) is 4.89. The van der Waals surface area contributed by atoms with E-state index in [1.807, 2.05) is 42.5 Å². The van der Waals surface area contributed by atoms with Gasteiger partial charge in [0.05, 0.1) is 0 Å². The molecule has 1 saturated heterocycles. The van der Waals surface area contributed by atoms with E-state index in [0.29, 0.717) is 6.61 Å². The maximum atomic E-state index is 5.97. The van der Waals surface area contributed by atoms with Gasteiger partial charge in [-0.3, -0.25) is 4.90 Å². The molecule has 1 heterocycles. The van der Waals surface area contributed by atoms with Crippen molar-refractivity contribution in [3.63, 3.8) is 0 Å². The molecule has 0 bridgehead atoms. The van der Waals surface area contributed by atoms with Gasteiger partial charge in [-0.15, -0.1) is 12.4 Å². The largest absolute Gasteiger partial charge is 0.492 e. The summed E-state index contributed by atoms with van der Waals surface area (Å²) in [5, 5.41) is 0. The minimum absolute atomic E-state index is 0. The van der Waals surface area contributed by atoms with Crippen LogP contribution in [-0.4, -0.2) is 31.1 Å². The number of benzene rings is 3. The van der Waals surface area contributed by atoms with Gasteiger partial charge in [-0.05, 0) is 85.6 Å². The van der Waals surface area contributed by atoms with Crippen LogP contribution in [-0.2, 0) is 19.4 Å². The second-order valence-electron chi connectivity index (χ2n) is 8.75. The highest BCUT2D eigenvalue weighted by molar-refractivity contribution is 5.85. The number of hydrogen-bond donors (Lipinski definition) is 0. The van der Waals surface area contributed by atoms with E-state index in [0.717, 1.165) is 37.0 Å². The maximum absolute atomic E-state index is 5.97. The Balaban J connectivity index is 0.00000306. The zero-order valence-electron chi connectivity index (χ0n) is 19.6. The predicted molar refractivity (Wildman–Crippen MR) is 139 cm³/mol. The number of piperidine rings is 1. The molecule has 0 spiro atoms. The summed E-state index contributed by atoms with van der Waals surface area (Å²) < 4.78 is 11.8. The molecule has 0 N–H and O–H groups in total. The molecule has 0 aromatic heterocycles. The van der Waals surface area contributed by atoms with Crippen LogP contribution < -0.4 is 9.47 Å². The van der Waals surface area contributed by atoms with Gasteiger partial charge < -0.3 is 9.47 Å². The summed E-state index contributed by atoms with van der Waals surface area (Å²) in [6.45, 7) is 6.87. The van der Waals surface area contributed by atoms with Crippen LogP contribution in [0.3, 0.4) is 0 Å². The van der Waals surface area contributed by atoms with Gasteiger partial charge in [-0.2, -0.15) is 0 Å². The van der Waals surface area contributed by atoms with Crippen LogP contribution in [0.4, 0.5) is 0 Å². The second kappa shape index (κ2) is 13.3. The molecule has 0 unspecified atom stereocenters. The SMILES string of the molecule is CCc1ccc(CC2CCN(CCOc3ccc(OCc4ccccc4)cc3)CC2)cc1.Cl. The number of hydrogen-bond acceptors (Lipinski definition) is 3. The van der Waals surface area contributed by atoms with Gasteiger partial charge in [0.2, 0.25) is 0 Å². The van der Waals surface area contributed by atoms with Crippen LogP contribution in [0, 0.1) is 5.92 Å². The van der Waals surface area contributed by atoms with Gasteiger partial charge in [0.1, 0.15) is 24.7 Å². The highest BCUT2D eigenvalue weighted by atomic mass is 35.5. The Morgan fingerprint density at radius 3 is 1.97 bits per heavy atom. The maximum Gasteiger partial charge on any atom is 0.120 e. The van der Waals surface area contributed by atoms with Crippen molar-refractivity contribution in [3.05, 3.63) is 95.6 Å². The summed E-state index contributed by atoms with van der Waals surface area (Å²) in [5.74, 6) is 2.58. The van der Waals surface area contributed by atoms with Crippen molar-refractivity contribution < 1.29 is 9.47 Å². The lowest BCUT2D eigenvalue weighted by Crippen LogP contribution is -2.37. The van der Waals surface area contributed by atoms with Gasteiger partial charge in [0, 0.05) is 6.54 Å². The van der Waals surface area contributed by atoms with E-state index in [1.165, 1.54) is 49.0 Å². The molecule has 3 aromatic carbocycles. The molecule has 0 amide bonds. The summed E-state index contributed by atoms with van der Waals surface area (Å²) in [6, 6.07) is 27.4. The van der Waals surface area contributed by atoms with E-state index in [4.69, 9.17) is 9.47 Å². The Hall–Kier alpha value is -2.49. The molecular formula is C29H36ClNO2. The topological polar surface area (TPSA) is 21.7 Å². The molecule has 3 aromatic rings. The molecule has 3 nitrogen and oxygen atoms in total. The van der Waals surface area contributed by atoms with Gasteiger partial charge in [0.15, 0.2) is 0 Å². The second-order valence-corrected chi connectivity index (χ2v) is 8.75. The highest BCUT2D eigenvalue weighted by Gasteiger charge is 2.19. The number of rotatable bonds is 10. The molecule has 4 rings (SSSR count). The van der Waals surface area contributed by atoms with Crippen LogP contribution in [0.5, 0.6) is 11.5 Å². The third kappa shape index (κ3) is 8.10. The molecule has 4 heteroatoms. The van der Waals surface area contributed by atoms with Crippen LogP contribution in [0.15, 0.2) is 78.9 Å². The van der Waals surface area contributed by atoms with Gasteiger partial charge >= 0.3 is 0 Å². The summed E-state index contributed by atoms with van der Waals surface area (Å²) in [7, 11) is 0. The number of ether oxygens (including phenoxy) is 2. The summed E-state index contributed by atoms with van der Waals surface area (Å²) in [5.41, 5.74) is 4.09. The van der Waals surface area contributed by atoms with Crippen LogP contribution in [0.25, 0.3) is 0 Å². The van der Waals surface area contributed by atoms with E-state index in [-0.39, 0.29) is 12.4 Å². The predicted octanol–water partition coefficient (Wildman–Crippen LogP) is 6.58. The molecular weight excluding hydrogens is 430 g/mol. The standard InChI is InChI=1S/C29H35NO2.ClH/c1-2-24-8-10-25(11-9-24)22-26-16-18-30(19-17-26)20-21-31-28-12-14-29(15-13-28)32-23-27-6-4-3-5-7-27;/h3-15,26H,2,16-23H2,1H3;1H. The number of likely N-dealkylation sites (tertiary alicyclic amines) is 1. The highest BCUT2D eigenvalue weighted by Crippen LogP contribution is 2.22. The molecule has 0 aliphatic carbocycles. The number of aryl methyl sites for hydroxylation is 1. The van der Waals surface area contributed by atoms with Crippen molar-refractivity contribution in [3.8, 4) is 11.5 Å². The third-order valence-electron chi connectivity index (χ3n) is 6.41. The lowest BCUT2D eigenvalue weighted by molar-refractivity contribution is 0.155.